The molecule has 2 rings (SSSR count). The van der Waals surface area contributed by atoms with E-state index in [9.17, 15) is 0 Å². The Morgan fingerprint density at radius 2 is 2.06 bits per heavy atom. The highest BCUT2D eigenvalue weighted by atomic mass is 32.2. The zero-order valence-electron chi connectivity index (χ0n) is 10.5. The SMILES string of the molecule is Cc1ncn(Cc2ccccc2)c1CSCCO. The zero-order valence-corrected chi connectivity index (χ0v) is 11.4. The third-order valence-corrected chi connectivity index (χ3v) is 3.77. The molecule has 0 saturated carbocycles. The molecular weight excluding hydrogens is 244 g/mol. The average Bonchev–Trinajstić information content (AvgIpc) is 2.73. The van der Waals surface area contributed by atoms with Gasteiger partial charge in [-0.15, -0.1) is 0 Å². The molecule has 1 aromatic carbocycles. The Bertz CT molecular complexity index is 482. The Morgan fingerprint density at radius 3 is 2.78 bits per heavy atom. The van der Waals surface area contributed by atoms with Crippen molar-refractivity contribution in [1.82, 2.24) is 9.55 Å². The van der Waals surface area contributed by atoms with Crippen molar-refractivity contribution in [3.05, 3.63) is 53.6 Å². The lowest BCUT2D eigenvalue weighted by atomic mass is 10.2. The fourth-order valence-corrected chi connectivity index (χ4v) is 2.69. The summed E-state index contributed by atoms with van der Waals surface area (Å²) in [5, 5.41) is 8.83. The van der Waals surface area contributed by atoms with E-state index in [2.05, 4.69) is 33.8 Å². The number of aromatic nitrogens is 2. The van der Waals surface area contributed by atoms with Crippen LogP contribution in [0.2, 0.25) is 0 Å². The molecule has 0 aliphatic heterocycles. The fraction of sp³-hybridized carbons (Fsp3) is 0.357. The van der Waals surface area contributed by atoms with Crippen molar-refractivity contribution in [2.45, 2.75) is 19.2 Å². The van der Waals surface area contributed by atoms with Crippen molar-refractivity contribution >= 4 is 11.8 Å². The lowest BCUT2D eigenvalue weighted by Gasteiger charge is -2.09. The monoisotopic (exact) mass is 262 g/mol. The number of imidazole rings is 1. The summed E-state index contributed by atoms with van der Waals surface area (Å²) in [7, 11) is 0. The Kier molecular flexibility index (Phi) is 4.84. The second-order valence-electron chi connectivity index (χ2n) is 4.17. The van der Waals surface area contributed by atoms with Gasteiger partial charge in [-0.1, -0.05) is 30.3 Å². The van der Waals surface area contributed by atoms with Crippen LogP contribution >= 0.6 is 11.8 Å². The predicted octanol–water partition coefficient (Wildman–Crippen LogP) is 2.47. The van der Waals surface area contributed by atoms with E-state index >= 15 is 0 Å². The van der Waals surface area contributed by atoms with Crippen LogP contribution in [0.4, 0.5) is 0 Å². The maximum Gasteiger partial charge on any atom is 0.0954 e. The van der Waals surface area contributed by atoms with Gasteiger partial charge in [0.2, 0.25) is 0 Å². The van der Waals surface area contributed by atoms with Crippen molar-refractivity contribution in [3.8, 4) is 0 Å². The van der Waals surface area contributed by atoms with E-state index in [1.165, 1.54) is 11.3 Å². The summed E-state index contributed by atoms with van der Waals surface area (Å²) in [6.45, 7) is 3.13. The maximum atomic E-state index is 8.83. The molecule has 96 valence electrons. The molecule has 0 aliphatic carbocycles. The number of rotatable bonds is 6. The van der Waals surface area contributed by atoms with Gasteiger partial charge in [0.1, 0.15) is 0 Å². The van der Waals surface area contributed by atoms with Crippen LogP contribution in [0, 0.1) is 6.92 Å². The zero-order chi connectivity index (χ0) is 12.8. The lowest BCUT2D eigenvalue weighted by molar-refractivity contribution is 0.322. The van der Waals surface area contributed by atoms with Crippen LogP contribution in [-0.2, 0) is 12.3 Å². The van der Waals surface area contributed by atoms with E-state index < -0.39 is 0 Å². The Labute approximate surface area is 112 Å². The van der Waals surface area contributed by atoms with Crippen molar-refractivity contribution < 1.29 is 5.11 Å². The predicted molar refractivity (Wildman–Crippen MR) is 75.8 cm³/mol. The highest BCUT2D eigenvalue weighted by Gasteiger charge is 2.07. The topological polar surface area (TPSA) is 38.0 Å². The van der Waals surface area contributed by atoms with Crippen LogP contribution in [0.15, 0.2) is 36.7 Å². The summed E-state index contributed by atoms with van der Waals surface area (Å²) in [6.07, 6.45) is 1.90. The van der Waals surface area contributed by atoms with Crippen molar-refractivity contribution in [2.24, 2.45) is 0 Å². The van der Waals surface area contributed by atoms with Gasteiger partial charge in [-0.25, -0.2) is 4.98 Å². The normalized spacial score (nSPS) is 10.8. The molecule has 18 heavy (non-hydrogen) atoms. The molecule has 1 heterocycles. The number of nitrogens with zero attached hydrogens (tertiary/aromatic N) is 2. The van der Waals surface area contributed by atoms with Crippen LogP contribution in [0.1, 0.15) is 17.0 Å². The van der Waals surface area contributed by atoms with Gasteiger partial charge >= 0.3 is 0 Å². The number of thioether (sulfide) groups is 1. The molecule has 0 spiro atoms. The van der Waals surface area contributed by atoms with E-state index in [0.717, 1.165) is 23.7 Å². The summed E-state index contributed by atoms with van der Waals surface area (Å²) < 4.78 is 2.19. The van der Waals surface area contributed by atoms with Gasteiger partial charge in [-0.3, -0.25) is 0 Å². The van der Waals surface area contributed by atoms with Crippen LogP contribution in [0.5, 0.6) is 0 Å². The molecule has 0 saturated heterocycles. The van der Waals surface area contributed by atoms with Crippen molar-refractivity contribution in [2.75, 3.05) is 12.4 Å². The van der Waals surface area contributed by atoms with Gasteiger partial charge in [-0.2, -0.15) is 11.8 Å². The minimum absolute atomic E-state index is 0.233. The Balaban J connectivity index is 2.08. The second-order valence-corrected chi connectivity index (χ2v) is 5.27. The first-order valence-corrected chi connectivity index (χ1v) is 7.20. The summed E-state index contributed by atoms with van der Waals surface area (Å²) in [5.41, 5.74) is 3.61. The van der Waals surface area contributed by atoms with E-state index in [0.29, 0.717) is 0 Å². The van der Waals surface area contributed by atoms with Crippen molar-refractivity contribution in [1.29, 1.82) is 0 Å². The van der Waals surface area contributed by atoms with E-state index in [4.69, 9.17) is 5.11 Å². The van der Waals surface area contributed by atoms with Crippen molar-refractivity contribution in [3.63, 3.8) is 0 Å². The molecule has 0 unspecified atom stereocenters. The molecule has 0 radical (unpaired) electrons. The van der Waals surface area contributed by atoms with E-state index in [-0.39, 0.29) is 6.61 Å². The number of aliphatic hydroxyl groups is 1. The summed E-state index contributed by atoms with van der Waals surface area (Å²) in [6, 6.07) is 10.4. The maximum absolute atomic E-state index is 8.83. The number of hydrogen-bond donors (Lipinski definition) is 1. The molecule has 0 atom stereocenters. The highest BCUT2D eigenvalue weighted by molar-refractivity contribution is 7.98. The third kappa shape index (κ3) is 3.37. The standard InChI is InChI=1S/C14H18N2OS/c1-12-14(10-18-8-7-17)16(11-15-12)9-13-5-3-2-4-6-13/h2-6,11,17H,7-10H2,1H3. The van der Waals surface area contributed by atoms with Gasteiger partial charge in [-0.05, 0) is 12.5 Å². The largest absolute Gasteiger partial charge is 0.396 e. The van der Waals surface area contributed by atoms with Crippen LogP contribution in [0.3, 0.4) is 0 Å². The first-order valence-electron chi connectivity index (χ1n) is 6.04. The average molecular weight is 262 g/mol. The Hall–Kier alpha value is -1.26. The molecular formula is C14H18N2OS. The molecule has 0 amide bonds. The molecule has 1 N–H and O–H groups in total. The van der Waals surface area contributed by atoms with E-state index in [1.807, 2.05) is 19.3 Å². The second kappa shape index (κ2) is 6.61. The molecule has 3 nitrogen and oxygen atoms in total. The Morgan fingerprint density at radius 1 is 1.28 bits per heavy atom. The number of aryl methyl sites for hydroxylation is 1. The molecule has 0 fully saturated rings. The first kappa shape index (κ1) is 13.2. The smallest absolute Gasteiger partial charge is 0.0954 e. The van der Waals surface area contributed by atoms with Gasteiger partial charge in [0.25, 0.3) is 0 Å². The quantitative estimate of drug-likeness (QED) is 0.813. The molecule has 0 aliphatic rings. The summed E-state index contributed by atoms with van der Waals surface area (Å²) >= 11 is 1.74. The summed E-state index contributed by atoms with van der Waals surface area (Å²) in [5.74, 6) is 1.68. The number of benzene rings is 1. The van der Waals surface area contributed by atoms with Gasteiger partial charge in [0.15, 0.2) is 0 Å². The molecule has 0 bridgehead atoms. The van der Waals surface area contributed by atoms with Gasteiger partial charge in [0.05, 0.1) is 24.3 Å². The molecule has 2 aromatic rings. The van der Waals surface area contributed by atoms with E-state index in [1.54, 1.807) is 11.8 Å². The first-order chi connectivity index (χ1) is 8.81. The highest BCUT2D eigenvalue weighted by Crippen LogP contribution is 2.16. The minimum atomic E-state index is 0.233. The molecule has 1 aromatic heterocycles. The lowest BCUT2D eigenvalue weighted by Crippen LogP contribution is -2.03. The third-order valence-electron chi connectivity index (χ3n) is 2.83. The van der Waals surface area contributed by atoms with Crippen LogP contribution in [-0.4, -0.2) is 27.0 Å². The number of hydrogen-bond acceptors (Lipinski definition) is 3. The molecule has 4 heteroatoms. The van der Waals surface area contributed by atoms with Gasteiger partial charge in [0, 0.05) is 18.1 Å². The van der Waals surface area contributed by atoms with Crippen LogP contribution in [0.25, 0.3) is 0 Å². The summed E-state index contributed by atoms with van der Waals surface area (Å²) in [4.78, 5) is 4.38. The van der Waals surface area contributed by atoms with Crippen LogP contribution < -0.4 is 0 Å². The fourth-order valence-electron chi connectivity index (χ4n) is 1.85. The minimum Gasteiger partial charge on any atom is -0.396 e. The van der Waals surface area contributed by atoms with Gasteiger partial charge < -0.3 is 9.67 Å². The number of aliphatic hydroxyl groups excluding tert-OH is 1.